The number of aryl methyl sites for hydroxylation is 1. The molecule has 90 valence electrons. The normalized spacial score (nSPS) is 13.7. The minimum Gasteiger partial charge on any atom is -0.399 e. The summed E-state index contributed by atoms with van der Waals surface area (Å²) in [5.74, 6) is 0.908. The predicted molar refractivity (Wildman–Crippen MR) is 75.0 cm³/mol. The lowest BCUT2D eigenvalue weighted by Crippen LogP contribution is -2.06. The van der Waals surface area contributed by atoms with Gasteiger partial charge in [-0.15, -0.1) is 11.8 Å². The van der Waals surface area contributed by atoms with Crippen LogP contribution in [-0.2, 0) is 5.75 Å². The van der Waals surface area contributed by atoms with Gasteiger partial charge in [-0.3, -0.25) is 4.79 Å². The summed E-state index contributed by atoms with van der Waals surface area (Å²) in [7, 11) is 0. The van der Waals surface area contributed by atoms with Crippen LogP contribution in [0.4, 0.5) is 5.69 Å². The van der Waals surface area contributed by atoms with Gasteiger partial charge in [0.25, 0.3) is 0 Å². The molecular formula is C15H13NOS. The number of thioether (sulfide) groups is 1. The SMILES string of the molecule is Cc1cccc2c1C(=O)c1ccc(N)cc1CS2. The minimum absolute atomic E-state index is 0.114. The van der Waals surface area contributed by atoms with E-state index in [2.05, 4.69) is 0 Å². The third kappa shape index (κ3) is 1.71. The quantitative estimate of drug-likeness (QED) is 0.733. The van der Waals surface area contributed by atoms with Crippen molar-refractivity contribution in [2.45, 2.75) is 17.6 Å². The Balaban J connectivity index is 2.24. The van der Waals surface area contributed by atoms with Crippen LogP contribution >= 0.6 is 11.8 Å². The van der Waals surface area contributed by atoms with Crippen LogP contribution < -0.4 is 5.73 Å². The minimum atomic E-state index is 0.114. The fourth-order valence-corrected chi connectivity index (χ4v) is 3.42. The molecule has 0 saturated heterocycles. The molecule has 18 heavy (non-hydrogen) atoms. The Morgan fingerprint density at radius 3 is 2.89 bits per heavy atom. The van der Waals surface area contributed by atoms with Crippen LogP contribution in [-0.4, -0.2) is 5.78 Å². The summed E-state index contributed by atoms with van der Waals surface area (Å²) in [6.45, 7) is 1.99. The molecule has 0 saturated carbocycles. The molecule has 1 aliphatic rings. The summed E-state index contributed by atoms with van der Waals surface area (Å²) in [6.07, 6.45) is 0. The average molecular weight is 255 g/mol. The van der Waals surface area contributed by atoms with Gasteiger partial charge in [-0.05, 0) is 42.3 Å². The molecule has 0 radical (unpaired) electrons. The van der Waals surface area contributed by atoms with Crippen molar-refractivity contribution in [3.05, 3.63) is 58.7 Å². The maximum Gasteiger partial charge on any atom is 0.194 e. The second-order valence-corrected chi connectivity index (χ2v) is 5.50. The lowest BCUT2D eigenvalue weighted by atomic mass is 9.96. The lowest BCUT2D eigenvalue weighted by Gasteiger charge is -2.07. The average Bonchev–Trinajstić information content (AvgIpc) is 2.48. The first-order valence-corrected chi connectivity index (χ1v) is 6.81. The van der Waals surface area contributed by atoms with E-state index in [1.54, 1.807) is 17.8 Å². The van der Waals surface area contributed by atoms with Gasteiger partial charge in [0.1, 0.15) is 0 Å². The van der Waals surface area contributed by atoms with Gasteiger partial charge in [-0.2, -0.15) is 0 Å². The molecule has 0 bridgehead atoms. The monoisotopic (exact) mass is 255 g/mol. The third-order valence-corrected chi connectivity index (χ3v) is 4.33. The molecule has 1 heterocycles. The number of anilines is 1. The standard InChI is InChI=1S/C15H13NOS/c1-9-3-2-4-13-14(9)15(17)12-6-5-11(16)7-10(12)8-18-13/h2-7H,8,16H2,1H3. The van der Waals surface area contributed by atoms with Gasteiger partial charge in [0, 0.05) is 27.5 Å². The van der Waals surface area contributed by atoms with E-state index in [1.807, 2.05) is 37.3 Å². The highest BCUT2D eigenvalue weighted by molar-refractivity contribution is 7.98. The van der Waals surface area contributed by atoms with Crippen LogP contribution in [0.1, 0.15) is 27.0 Å². The highest BCUT2D eigenvalue weighted by Gasteiger charge is 2.22. The molecule has 2 N–H and O–H groups in total. The van der Waals surface area contributed by atoms with E-state index < -0.39 is 0 Å². The fraction of sp³-hybridized carbons (Fsp3) is 0.133. The number of fused-ring (bicyclic) bond motifs is 2. The first kappa shape index (κ1) is 11.4. The van der Waals surface area contributed by atoms with Crippen molar-refractivity contribution >= 4 is 23.2 Å². The van der Waals surface area contributed by atoms with Crippen molar-refractivity contribution in [2.75, 3.05) is 5.73 Å². The summed E-state index contributed by atoms with van der Waals surface area (Å²) in [6, 6.07) is 11.5. The topological polar surface area (TPSA) is 43.1 Å². The number of rotatable bonds is 0. The number of hydrogen-bond acceptors (Lipinski definition) is 3. The zero-order valence-corrected chi connectivity index (χ0v) is 10.9. The van der Waals surface area contributed by atoms with E-state index in [9.17, 15) is 4.79 Å². The number of carbonyl (C=O) groups excluding carboxylic acids is 1. The van der Waals surface area contributed by atoms with Gasteiger partial charge in [-0.1, -0.05) is 12.1 Å². The fourth-order valence-electron chi connectivity index (χ4n) is 2.30. The molecule has 2 nitrogen and oxygen atoms in total. The molecule has 0 aromatic heterocycles. The van der Waals surface area contributed by atoms with Crippen molar-refractivity contribution in [2.24, 2.45) is 0 Å². The van der Waals surface area contributed by atoms with Gasteiger partial charge in [0.05, 0.1) is 0 Å². The van der Waals surface area contributed by atoms with Crippen LogP contribution in [0, 0.1) is 6.92 Å². The van der Waals surface area contributed by atoms with Gasteiger partial charge < -0.3 is 5.73 Å². The van der Waals surface area contributed by atoms with Crippen LogP contribution in [0.15, 0.2) is 41.3 Å². The van der Waals surface area contributed by atoms with Gasteiger partial charge in [-0.25, -0.2) is 0 Å². The molecule has 0 fully saturated rings. The second-order valence-electron chi connectivity index (χ2n) is 4.48. The first-order chi connectivity index (χ1) is 8.66. The molecule has 3 heteroatoms. The number of carbonyl (C=O) groups is 1. The Morgan fingerprint density at radius 2 is 2.06 bits per heavy atom. The van der Waals surface area contributed by atoms with Crippen molar-refractivity contribution in [1.82, 2.24) is 0 Å². The van der Waals surface area contributed by atoms with Crippen molar-refractivity contribution in [3.63, 3.8) is 0 Å². The highest BCUT2D eigenvalue weighted by atomic mass is 32.2. The van der Waals surface area contributed by atoms with Gasteiger partial charge >= 0.3 is 0 Å². The van der Waals surface area contributed by atoms with E-state index in [-0.39, 0.29) is 5.78 Å². The first-order valence-electron chi connectivity index (χ1n) is 5.82. The summed E-state index contributed by atoms with van der Waals surface area (Å²) in [4.78, 5) is 13.7. The summed E-state index contributed by atoms with van der Waals surface area (Å²) >= 11 is 1.70. The highest BCUT2D eigenvalue weighted by Crippen LogP contribution is 2.35. The lowest BCUT2D eigenvalue weighted by molar-refractivity contribution is 0.103. The van der Waals surface area contributed by atoms with Crippen LogP contribution in [0.5, 0.6) is 0 Å². The van der Waals surface area contributed by atoms with Crippen LogP contribution in [0.2, 0.25) is 0 Å². The molecule has 0 spiro atoms. The number of ketones is 1. The maximum absolute atomic E-state index is 12.6. The van der Waals surface area contributed by atoms with Crippen LogP contribution in [0.3, 0.4) is 0 Å². The van der Waals surface area contributed by atoms with E-state index in [1.165, 1.54) is 0 Å². The predicted octanol–water partition coefficient (Wildman–Crippen LogP) is 3.41. The smallest absolute Gasteiger partial charge is 0.194 e. The molecule has 0 aliphatic carbocycles. The van der Waals surface area contributed by atoms with Gasteiger partial charge in [0.2, 0.25) is 0 Å². The van der Waals surface area contributed by atoms with E-state index in [0.717, 1.165) is 32.9 Å². The molecule has 2 aromatic rings. The third-order valence-electron chi connectivity index (χ3n) is 3.22. The Morgan fingerprint density at radius 1 is 1.22 bits per heavy atom. The molecule has 0 atom stereocenters. The molecular weight excluding hydrogens is 242 g/mol. The number of nitrogens with two attached hydrogens (primary N) is 1. The maximum atomic E-state index is 12.6. The Labute approximate surface area is 110 Å². The molecule has 2 aromatic carbocycles. The second kappa shape index (κ2) is 4.18. The van der Waals surface area contributed by atoms with Crippen molar-refractivity contribution < 1.29 is 4.79 Å². The molecule has 3 rings (SSSR count). The van der Waals surface area contributed by atoms with E-state index in [4.69, 9.17) is 5.73 Å². The molecule has 0 unspecified atom stereocenters. The van der Waals surface area contributed by atoms with Crippen LogP contribution in [0.25, 0.3) is 0 Å². The number of nitrogen functional groups attached to an aromatic ring is 1. The zero-order chi connectivity index (χ0) is 12.7. The number of hydrogen-bond donors (Lipinski definition) is 1. The van der Waals surface area contributed by atoms with E-state index in [0.29, 0.717) is 5.69 Å². The number of benzene rings is 2. The molecule has 1 aliphatic heterocycles. The Hall–Kier alpha value is -1.74. The Bertz CT molecular complexity index is 649. The largest absolute Gasteiger partial charge is 0.399 e. The molecule has 0 amide bonds. The van der Waals surface area contributed by atoms with E-state index >= 15 is 0 Å². The summed E-state index contributed by atoms with van der Waals surface area (Å²) < 4.78 is 0. The van der Waals surface area contributed by atoms with Crippen molar-refractivity contribution in [1.29, 1.82) is 0 Å². The summed E-state index contributed by atoms with van der Waals surface area (Å²) in [5, 5.41) is 0. The van der Waals surface area contributed by atoms with Crippen molar-refractivity contribution in [3.8, 4) is 0 Å². The Kier molecular flexibility index (Phi) is 2.63. The van der Waals surface area contributed by atoms with Gasteiger partial charge in [0.15, 0.2) is 5.78 Å². The zero-order valence-electron chi connectivity index (χ0n) is 10.1. The summed E-state index contributed by atoms with van der Waals surface area (Å²) in [5.41, 5.74) is 10.2.